The number of urea groups is 1. The first-order chi connectivity index (χ1) is 10.7. The van der Waals surface area contributed by atoms with Crippen molar-refractivity contribution in [3.63, 3.8) is 0 Å². The van der Waals surface area contributed by atoms with E-state index in [0.717, 1.165) is 5.56 Å². The van der Waals surface area contributed by atoms with Crippen molar-refractivity contribution in [1.29, 1.82) is 0 Å². The molecule has 0 radical (unpaired) electrons. The largest absolute Gasteiger partial charge is 0.484 e. The van der Waals surface area contributed by atoms with Gasteiger partial charge in [-0.2, -0.15) is 0 Å². The Labute approximate surface area is 129 Å². The molecule has 0 fully saturated rings. The van der Waals surface area contributed by atoms with Gasteiger partial charge in [0.05, 0.1) is 12.3 Å². The predicted molar refractivity (Wildman–Crippen MR) is 86.0 cm³/mol. The second-order valence-electron chi connectivity index (χ2n) is 4.77. The number of anilines is 1. The van der Waals surface area contributed by atoms with Crippen LogP contribution in [0.15, 0.2) is 54.6 Å². The number of para-hydroxylation sites is 2. The molecule has 1 atom stereocenters. The van der Waals surface area contributed by atoms with E-state index < -0.39 is 0 Å². The number of hydrogen-bond donors (Lipinski definition) is 3. The second kappa shape index (κ2) is 8.05. The van der Waals surface area contributed by atoms with Crippen molar-refractivity contribution in [2.45, 2.75) is 13.0 Å². The van der Waals surface area contributed by atoms with E-state index in [-0.39, 0.29) is 25.3 Å². The van der Waals surface area contributed by atoms with Crippen molar-refractivity contribution in [1.82, 2.24) is 5.32 Å². The van der Waals surface area contributed by atoms with Crippen LogP contribution in [0.3, 0.4) is 0 Å². The van der Waals surface area contributed by atoms with E-state index in [2.05, 4.69) is 10.6 Å². The summed E-state index contributed by atoms with van der Waals surface area (Å²) in [4.78, 5) is 11.7. The second-order valence-corrected chi connectivity index (χ2v) is 4.77. The van der Waals surface area contributed by atoms with Gasteiger partial charge in [-0.25, -0.2) is 4.79 Å². The van der Waals surface area contributed by atoms with Gasteiger partial charge in [-0.1, -0.05) is 42.5 Å². The summed E-state index contributed by atoms with van der Waals surface area (Å²) < 4.78 is 5.94. The summed E-state index contributed by atoms with van der Waals surface area (Å²) in [6.07, 6.45) is -0.135. The molecule has 0 heterocycles. The summed E-state index contributed by atoms with van der Waals surface area (Å²) in [5, 5.41) is 14.0. The van der Waals surface area contributed by atoms with Gasteiger partial charge in [0.1, 0.15) is 11.9 Å². The predicted octanol–water partition coefficient (Wildman–Crippen LogP) is 2.94. The van der Waals surface area contributed by atoms with Crippen LogP contribution in [0.5, 0.6) is 5.75 Å². The first kappa shape index (κ1) is 15.9. The Morgan fingerprint density at radius 2 is 1.82 bits per heavy atom. The normalized spacial score (nSPS) is 11.5. The van der Waals surface area contributed by atoms with Crippen molar-refractivity contribution in [3.05, 3.63) is 60.2 Å². The van der Waals surface area contributed by atoms with Crippen LogP contribution in [0, 0.1) is 0 Å². The van der Waals surface area contributed by atoms with Crippen LogP contribution in [0.2, 0.25) is 0 Å². The van der Waals surface area contributed by atoms with Crippen molar-refractivity contribution >= 4 is 11.7 Å². The molecule has 0 saturated heterocycles. The number of aliphatic hydroxyl groups excluding tert-OH is 1. The quantitative estimate of drug-likeness (QED) is 0.768. The average Bonchev–Trinajstić information content (AvgIpc) is 2.55. The fraction of sp³-hybridized carbons (Fsp3) is 0.235. The number of rotatable bonds is 6. The highest BCUT2D eigenvalue weighted by Crippen LogP contribution is 2.28. The zero-order chi connectivity index (χ0) is 15.8. The Bertz CT molecular complexity index is 602. The maximum atomic E-state index is 11.7. The van der Waals surface area contributed by atoms with Crippen LogP contribution in [0.1, 0.15) is 18.6 Å². The Hall–Kier alpha value is -2.53. The van der Waals surface area contributed by atoms with E-state index in [4.69, 9.17) is 9.84 Å². The molecule has 5 heteroatoms. The Morgan fingerprint density at radius 3 is 2.55 bits per heavy atom. The minimum Gasteiger partial charge on any atom is -0.484 e. The number of carbonyl (C=O) groups is 1. The molecule has 5 nitrogen and oxygen atoms in total. The molecule has 2 amide bonds. The summed E-state index contributed by atoms with van der Waals surface area (Å²) in [7, 11) is 0. The molecular weight excluding hydrogens is 280 g/mol. The highest BCUT2D eigenvalue weighted by Gasteiger charge is 2.11. The van der Waals surface area contributed by atoms with Gasteiger partial charge in [0.2, 0.25) is 0 Å². The third-order valence-corrected chi connectivity index (χ3v) is 3.11. The van der Waals surface area contributed by atoms with Crippen molar-refractivity contribution in [3.8, 4) is 5.75 Å². The smallest absolute Gasteiger partial charge is 0.319 e. The standard InChI is InChI=1S/C17H20N2O3/c1-13(14-7-3-2-4-8-14)22-16-10-6-5-9-15(16)19-17(21)18-11-12-20/h2-10,13,20H,11-12H2,1H3,(H2,18,19,21)/t13-/m0/s1. The lowest BCUT2D eigenvalue weighted by Gasteiger charge is -2.18. The average molecular weight is 300 g/mol. The molecule has 0 aliphatic carbocycles. The summed E-state index contributed by atoms with van der Waals surface area (Å²) in [6.45, 7) is 2.06. The summed E-state index contributed by atoms with van der Waals surface area (Å²) in [5.74, 6) is 0.595. The molecule has 2 rings (SSSR count). The lowest BCUT2D eigenvalue weighted by atomic mass is 10.1. The van der Waals surface area contributed by atoms with Crippen LogP contribution < -0.4 is 15.4 Å². The van der Waals surface area contributed by atoms with Gasteiger partial charge in [0.15, 0.2) is 0 Å². The number of nitrogens with one attached hydrogen (secondary N) is 2. The lowest BCUT2D eigenvalue weighted by Crippen LogP contribution is -2.31. The van der Waals surface area contributed by atoms with Crippen LogP contribution in [0.25, 0.3) is 0 Å². The van der Waals surface area contributed by atoms with E-state index in [1.807, 2.05) is 49.4 Å². The molecule has 2 aromatic carbocycles. The monoisotopic (exact) mass is 300 g/mol. The van der Waals surface area contributed by atoms with Gasteiger partial charge in [0, 0.05) is 6.54 Å². The number of benzene rings is 2. The van der Waals surface area contributed by atoms with Gasteiger partial charge >= 0.3 is 6.03 Å². The van der Waals surface area contributed by atoms with Crippen LogP contribution in [-0.2, 0) is 0 Å². The molecule has 0 unspecified atom stereocenters. The molecule has 0 saturated carbocycles. The van der Waals surface area contributed by atoms with E-state index in [9.17, 15) is 4.79 Å². The van der Waals surface area contributed by atoms with Crippen molar-refractivity contribution in [2.75, 3.05) is 18.5 Å². The lowest BCUT2D eigenvalue weighted by molar-refractivity contribution is 0.227. The third kappa shape index (κ3) is 4.49. The molecule has 0 aliphatic rings. The minimum atomic E-state index is -0.377. The van der Waals surface area contributed by atoms with E-state index in [0.29, 0.717) is 11.4 Å². The Kier molecular flexibility index (Phi) is 5.80. The zero-order valence-electron chi connectivity index (χ0n) is 12.5. The summed E-state index contributed by atoms with van der Waals surface area (Å²) >= 11 is 0. The highest BCUT2D eigenvalue weighted by atomic mass is 16.5. The number of ether oxygens (including phenoxy) is 1. The van der Waals surface area contributed by atoms with E-state index in [1.165, 1.54) is 0 Å². The van der Waals surface area contributed by atoms with Gasteiger partial charge in [-0.3, -0.25) is 0 Å². The van der Waals surface area contributed by atoms with Crippen LogP contribution >= 0.6 is 0 Å². The topological polar surface area (TPSA) is 70.6 Å². The number of hydrogen-bond acceptors (Lipinski definition) is 3. The Morgan fingerprint density at radius 1 is 1.14 bits per heavy atom. The molecule has 3 N–H and O–H groups in total. The minimum absolute atomic E-state index is 0.101. The van der Waals surface area contributed by atoms with Gasteiger partial charge in [-0.15, -0.1) is 0 Å². The van der Waals surface area contributed by atoms with Crippen molar-refractivity contribution in [2.24, 2.45) is 0 Å². The fourth-order valence-electron chi connectivity index (χ4n) is 1.99. The van der Waals surface area contributed by atoms with Gasteiger partial charge in [-0.05, 0) is 24.6 Å². The van der Waals surface area contributed by atoms with Crippen LogP contribution in [0.4, 0.5) is 10.5 Å². The zero-order valence-corrected chi connectivity index (χ0v) is 12.5. The SMILES string of the molecule is C[C@H](Oc1ccccc1NC(=O)NCCO)c1ccccc1. The van der Waals surface area contributed by atoms with Crippen LogP contribution in [-0.4, -0.2) is 24.3 Å². The van der Waals surface area contributed by atoms with Gasteiger partial charge in [0.25, 0.3) is 0 Å². The molecule has 0 aliphatic heterocycles. The van der Waals surface area contributed by atoms with Gasteiger partial charge < -0.3 is 20.5 Å². The first-order valence-corrected chi connectivity index (χ1v) is 7.17. The summed E-state index contributed by atoms with van der Waals surface area (Å²) in [6, 6.07) is 16.7. The number of carbonyl (C=O) groups excluding carboxylic acids is 1. The summed E-state index contributed by atoms with van der Waals surface area (Å²) in [5.41, 5.74) is 1.64. The molecule has 2 aromatic rings. The van der Waals surface area contributed by atoms with Crippen molar-refractivity contribution < 1.29 is 14.6 Å². The Balaban J connectivity index is 2.06. The molecular formula is C17H20N2O3. The highest BCUT2D eigenvalue weighted by molar-refractivity contribution is 5.90. The first-order valence-electron chi connectivity index (χ1n) is 7.17. The van der Waals surface area contributed by atoms with E-state index in [1.54, 1.807) is 12.1 Å². The molecule has 116 valence electrons. The number of aliphatic hydroxyl groups is 1. The third-order valence-electron chi connectivity index (χ3n) is 3.11. The molecule has 0 bridgehead atoms. The fourth-order valence-corrected chi connectivity index (χ4v) is 1.99. The molecule has 22 heavy (non-hydrogen) atoms. The maximum Gasteiger partial charge on any atom is 0.319 e. The number of amides is 2. The maximum absolute atomic E-state index is 11.7. The molecule has 0 spiro atoms. The van der Waals surface area contributed by atoms with E-state index >= 15 is 0 Å². The molecule has 0 aromatic heterocycles.